The van der Waals surface area contributed by atoms with Crippen LogP contribution in [0.3, 0.4) is 0 Å². The van der Waals surface area contributed by atoms with Crippen molar-refractivity contribution in [3.8, 4) is 0 Å². The number of morpholine rings is 1. The molecule has 2 N–H and O–H groups in total. The zero-order valence-electron chi connectivity index (χ0n) is 10.3. The topological polar surface area (TPSA) is 75.9 Å². The Morgan fingerprint density at radius 2 is 2.06 bits per heavy atom. The molecule has 0 aliphatic carbocycles. The van der Waals surface area contributed by atoms with Crippen LogP contribution in [0, 0.1) is 5.92 Å². The van der Waals surface area contributed by atoms with Crippen molar-refractivity contribution >= 4 is 11.8 Å². The largest absolute Gasteiger partial charge is 0.369 e. The van der Waals surface area contributed by atoms with Crippen LogP contribution in [0.5, 0.6) is 0 Å². The third kappa shape index (κ3) is 2.28. The third-order valence-electron chi connectivity index (χ3n) is 3.49. The van der Waals surface area contributed by atoms with E-state index in [1.165, 1.54) is 0 Å². The Morgan fingerprint density at radius 3 is 2.59 bits per heavy atom. The lowest BCUT2D eigenvalue weighted by Crippen LogP contribution is -2.64. The van der Waals surface area contributed by atoms with Crippen LogP contribution in [0.1, 0.15) is 6.92 Å². The van der Waals surface area contributed by atoms with Crippen LogP contribution in [0.4, 0.5) is 0 Å². The molecule has 0 bridgehead atoms. The van der Waals surface area contributed by atoms with Crippen molar-refractivity contribution in [2.75, 3.05) is 39.8 Å². The summed E-state index contributed by atoms with van der Waals surface area (Å²) in [7, 11) is 1.97. The van der Waals surface area contributed by atoms with Crippen LogP contribution in [0.2, 0.25) is 0 Å². The molecule has 2 rings (SSSR count). The summed E-state index contributed by atoms with van der Waals surface area (Å²) in [4.78, 5) is 26.9. The quantitative estimate of drug-likeness (QED) is 0.648. The van der Waals surface area contributed by atoms with Crippen molar-refractivity contribution in [1.82, 2.24) is 9.80 Å². The van der Waals surface area contributed by atoms with Gasteiger partial charge >= 0.3 is 0 Å². The Morgan fingerprint density at radius 1 is 1.41 bits per heavy atom. The van der Waals surface area contributed by atoms with Crippen molar-refractivity contribution in [3.05, 3.63) is 0 Å². The van der Waals surface area contributed by atoms with Gasteiger partial charge in [0.05, 0.1) is 12.5 Å². The molecule has 1 atom stereocenters. The molecule has 96 valence electrons. The molecule has 2 aliphatic rings. The Balaban J connectivity index is 1.94. The zero-order chi connectivity index (χ0) is 12.6. The standard InChI is InChI=1S/C11H19N3O3/c1-11(7-13(2)3-4-17-11)10(16)14-5-8(6-14)9(12)15/h8H,3-7H2,1-2H3,(H2,12,15). The number of likely N-dealkylation sites (tertiary alicyclic amines) is 1. The van der Waals surface area contributed by atoms with E-state index < -0.39 is 5.60 Å². The number of amides is 2. The SMILES string of the molecule is CN1CCOC(C)(C(=O)N2CC(C(N)=O)C2)C1. The van der Waals surface area contributed by atoms with Crippen molar-refractivity contribution in [3.63, 3.8) is 0 Å². The number of nitrogens with two attached hydrogens (primary N) is 1. The lowest BCUT2D eigenvalue weighted by atomic mass is 9.94. The van der Waals surface area contributed by atoms with Gasteiger partial charge in [-0.25, -0.2) is 0 Å². The molecule has 2 saturated heterocycles. The molecule has 2 heterocycles. The van der Waals surface area contributed by atoms with Gasteiger partial charge in [-0.15, -0.1) is 0 Å². The molecule has 0 spiro atoms. The molecule has 0 aromatic rings. The molecule has 17 heavy (non-hydrogen) atoms. The highest BCUT2D eigenvalue weighted by Gasteiger charge is 2.45. The van der Waals surface area contributed by atoms with Crippen molar-refractivity contribution in [2.24, 2.45) is 11.7 Å². The first-order valence-electron chi connectivity index (χ1n) is 5.83. The van der Waals surface area contributed by atoms with Crippen LogP contribution in [0.25, 0.3) is 0 Å². The fraction of sp³-hybridized carbons (Fsp3) is 0.818. The molecule has 0 saturated carbocycles. The second-order valence-electron chi connectivity index (χ2n) is 5.13. The van der Waals surface area contributed by atoms with Gasteiger partial charge in [0.1, 0.15) is 0 Å². The highest BCUT2D eigenvalue weighted by atomic mass is 16.5. The molecular weight excluding hydrogens is 222 g/mol. The highest BCUT2D eigenvalue weighted by Crippen LogP contribution is 2.24. The van der Waals surface area contributed by atoms with E-state index in [0.717, 1.165) is 6.54 Å². The Kier molecular flexibility index (Phi) is 3.09. The average Bonchev–Trinajstić information content (AvgIpc) is 2.13. The number of hydrogen-bond acceptors (Lipinski definition) is 4. The lowest BCUT2D eigenvalue weighted by molar-refractivity contribution is -0.173. The van der Waals surface area contributed by atoms with Gasteiger partial charge < -0.3 is 20.3 Å². The lowest BCUT2D eigenvalue weighted by Gasteiger charge is -2.45. The summed E-state index contributed by atoms with van der Waals surface area (Å²) in [5.41, 5.74) is 4.40. The van der Waals surface area contributed by atoms with E-state index in [2.05, 4.69) is 4.90 Å². The van der Waals surface area contributed by atoms with E-state index >= 15 is 0 Å². The molecule has 2 aliphatic heterocycles. The van der Waals surface area contributed by atoms with Crippen LogP contribution < -0.4 is 5.73 Å². The maximum absolute atomic E-state index is 12.2. The number of nitrogens with zero attached hydrogens (tertiary/aromatic N) is 2. The summed E-state index contributed by atoms with van der Waals surface area (Å²) < 4.78 is 5.60. The Hall–Kier alpha value is -1.14. The minimum absolute atomic E-state index is 0.0402. The number of hydrogen-bond donors (Lipinski definition) is 1. The normalized spacial score (nSPS) is 31.1. The molecule has 0 aromatic heterocycles. The number of ether oxygens (including phenoxy) is 1. The van der Waals surface area contributed by atoms with E-state index in [1.807, 2.05) is 14.0 Å². The summed E-state index contributed by atoms with van der Waals surface area (Å²) in [6.07, 6.45) is 0. The molecule has 6 nitrogen and oxygen atoms in total. The first-order valence-corrected chi connectivity index (χ1v) is 5.83. The molecule has 1 unspecified atom stereocenters. The third-order valence-corrected chi connectivity index (χ3v) is 3.49. The Labute approximate surface area is 101 Å². The maximum Gasteiger partial charge on any atom is 0.255 e. The summed E-state index contributed by atoms with van der Waals surface area (Å²) in [5.74, 6) is -0.564. The van der Waals surface area contributed by atoms with Gasteiger partial charge in [0.2, 0.25) is 5.91 Å². The second kappa shape index (κ2) is 4.27. The summed E-state index contributed by atoms with van der Waals surface area (Å²) in [6, 6.07) is 0. The van der Waals surface area contributed by atoms with E-state index in [0.29, 0.717) is 26.2 Å². The number of rotatable bonds is 2. The van der Waals surface area contributed by atoms with Gasteiger partial charge in [0, 0.05) is 26.2 Å². The number of primary amides is 1. The molecule has 0 radical (unpaired) electrons. The van der Waals surface area contributed by atoms with Crippen molar-refractivity contribution in [1.29, 1.82) is 0 Å². The van der Waals surface area contributed by atoms with Gasteiger partial charge in [0.25, 0.3) is 5.91 Å². The van der Waals surface area contributed by atoms with Crippen LogP contribution in [-0.2, 0) is 14.3 Å². The average molecular weight is 241 g/mol. The van der Waals surface area contributed by atoms with E-state index in [1.54, 1.807) is 4.90 Å². The molecule has 2 fully saturated rings. The van der Waals surface area contributed by atoms with Gasteiger partial charge in [-0.2, -0.15) is 0 Å². The van der Waals surface area contributed by atoms with Crippen molar-refractivity contribution < 1.29 is 14.3 Å². The van der Waals surface area contributed by atoms with Gasteiger partial charge in [-0.3, -0.25) is 9.59 Å². The predicted octanol–water partition coefficient (Wildman–Crippen LogP) is -1.35. The predicted molar refractivity (Wildman–Crippen MR) is 61.1 cm³/mol. The minimum Gasteiger partial charge on any atom is -0.369 e. The Bertz CT molecular complexity index is 341. The smallest absolute Gasteiger partial charge is 0.255 e. The highest BCUT2D eigenvalue weighted by molar-refractivity contribution is 5.88. The monoisotopic (exact) mass is 241 g/mol. The number of likely N-dealkylation sites (N-methyl/N-ethyl adjacent to an activating group) is 1. The number of carbonyl (C=O) groups is 2. The van der Waals surface area contributed by atoms with Crippen LogP contribution in [-0.4, -0.2) is 67.0 Å². The van der Waals surface area contributed by atoms with Crippen molar-refractivity contribution in [2.45, 2.75) is 12.5 Å². The summed E-state index contributed by atoms with van der Waals surface area (Å²) in [6.45, 7) is 4.65. The first kappa shape index (κ1) is 12.3. The summed E-state index contributed by atoms with van der Waals surface area (Å²) >= 11 is 0. The minimum atomic E-state index is -0.782. The molecule has 0 aromatic carbocycles. The second-order valence-corrected chi connectivity index (χ2v) is 5.13. The summed E-state index contributed by atoms with van der Waals surface area (Å²) in [5, 5.41) is 0. The van der Waals surface area contributed by atoms with Crippen LogP contribution in [0.15, 0.2) is 0 Å². The number of carbonyl (C=O) groups excluding carboxylic acids is 2. The maximum atomic E-state index is 12.2. The molecule has 2 amide bonds. The van der Waals surface area contributed by atoms with Gasteiger partial charge in [0.15, 0.2) is 5.60 Å². The van der Waals surface area contributed by atoms with E-state index in [-0.39, 0.29) is 17.7 Å². The fourth-order valence-corrected chi connectivity index (χ4v) is 2.35. The zero-order valence-corrected chi connectivity index (χ0v) is 10.3. The van der Waals surface area contributed by atoms with Crippen LogP contribution >= 0.6 is 0 Å². The van der Waals surface area contributed by atoms with Gasteiger partial charge in [-0.05, 0) is 14.0 Å². The van der Waals surface area contributed by atoms with E-state index in [4.69, 9.17) is 10.5 Å². The first-order chi connectivity index (χ1) is 7.92. The fourth-order valence-electron chi connectivity index (χ4n) is 2.35. The molecule has 6 heteroatoms. The molecular formula is C11H19N3O3. The van der Waals surface area contributed by atoms with E-state index in [9.17, 15) is 9.59 Å². The van der Waals surface area contributed by atoms with Gasteiger partial charge in [-0.1, -0.05) is 0 Å².